The van der Waals surface area contributed by atoms with Gasteiger partial charge in [0.1, 0.15) is 11.9 Å². The molecule has 3 nitrogen and oxygen atoms in total. The number of carbonyl (C=O) groups excluding carboxylic acids is 1. The van der Waals surface area contributed by atoms with Crippen molar-refractivity contribution in [1.82, 2.24) is 4.90 Å². The van der Waals surface area contributed by atoms with E-state index in [2.05, 4.69) is 0 Å². The Balaban J connectivity index is 1.83. The molecule has 0 aliphatic carbocycles. The molecule has 2 atom stereocenters. The van der Waals surface area contributed by atoms with Gasteiger partial charge in [0.25, 0.3) is 0 Å². The van der Waals surface area contributed by atoms with Crippen LogP contribution in [0.25, 0.3) is 0 Å². The molecule has 1 aliphatic heterocycles. The number of likely N-dealkylation sites (tertiary alicyclic amines) is 1. The van der Waals surface area contributed by atoms with Gasteiger partial charge in [-0.25, -0.2) is 4.39 Å². The van der Waals surface area contributed by atoms with E-state index in [0.717, 1.165) is 11.1 Å². The normalized spacial score (nSPS) is 21.3. The molecule has 2 N–H and O–H groups in total. The Morgan fingerprint density at radius 3 is 2.57 bits per heavy atom. The van der Waals surface area contributed by atoms with E-state index in [4.69, 9.17) is 17.3 Å². The van der Waals surface area contributed by atoms with Gasteiger partial charge in [0.2, 0.25) is 5.91 Å². The minimum absolute atomic E-state index is 0.107. The smallest absolute Gasteiger partial charge is 0.242 e. The van der Waals surface area contributed by atoms with Crippen molar-refractivity contribution in [3.63, 3.8) is 0 Å². The molecule has 0 unspecified atom stereocenters. The molecule has 5 heteroatoms. The molecule has 0 saturated carbocycles. The maximum absolute atomic E-state index is 12.9. The van der Waals surface area contributed by atoms with E-state index in [1.165, 1.54) is 12.1 Å². The van der Waals surface area contributed by atoms with E-state index in [9.17, 15) is 9.18 Å². The van der Waals surface area contributed by atoms with E-state index in [1.807, 2.05) is 18.2 Å². The molecular formula is C16H14ClFN2O. The average Bonchev–Trinajstić information content (AvgIpc) is 2.48. The Morgan fingerprint density at radius 2 is 1.90 bits per heavy atom. The Labute approximate surface area is 127 Å². The number of nitrogens with zero attached hydrogens (tertiary/aromatic N) is 1. The minimum Gasteiger partial charge on any atom is -0.328 e. The zero-order valence-corrected chi connectivity index (χ0v) is 11.9. The summed E-state index contributed by atoms with van der Waals surface area (Å²) in [4.78, 5) is 13.7. The van der Waals surface area contributed by atoms with Crippen molar-refractivity contribution in [2.45, 2.75) is 18.6 Å². The van der Waals surface area contributed by atoms with Gasteiger partial charge in [0.15, 0.2) is 0 Å². The SMILES string of the molecule is N[C@H]1C(=O)N(Cc2ccc(F)cc2)[C@@H]1c1cccc(Cl)c1. The quantitative estimate of drug-likeness (QED) is 0.886. The molecule has 0 bridgehead atoms. The molecular weight excluding hydrogens is 291 g/mol. The van der Waals surface area contributed by atoms with Gasteiger partial charge in [0, 0.05) is 11.6 Å². The molecule has 1 heterocycles. The first-order valence-electron chi connectivity index (χ1n) is 6.62. The topological polar surface area (TPSA) is 46.3 Å². The maximum Gasteiger partial charge on any atom is 0.242 e. The first-order chi connectivity index (χ1) is 10.1. The van der Waals surface area contributed by atoms with Crippen LogP contribution < -0.4 is 5.73 Å². The molecule has 3 rings (SSSR count). The summed E-state index contributed by atoms with van der Waals surface area (Å²) in [6.45, 7) is 0.407. The Morgan fingerprint density at radius 1 is 1.19 bits per heavy atom. The average molecular weight is 305 g/mol. The van der Waals surface area contributed by atoms with Crippen molar-refractivity contribution < 1.29 is 9.18 Å². The monoisotopic (exact) mass is 304 g/mol. The van der Waals surface area contributed by atoms with Gasteiger partial charge in [-0.3, -0.25) is 4.79 Å². The third-order valence-corrected chi connectivity index (χ3v) is 3.94. The van der Waals surface area contributed by atoms with Gasteiger partial charge in [-0.15, -0.1) is 0 Å². The summed E-state index contributed by atoms with van der Waals surface area (Å²) in [5.41, 5.74) is 7.70. The minimum atomic E-state index is -0.552. The standard InChI is InChI=1S/C16H14ClFN2O/c17-12-3-1-2-11(8-12)15-14(19)16(21)20(15)9-10-4-6-13(18)7-5-10/h1-8,14-15H,9,19H2/t14-,15-/m1/s1. The summed E-state index contributed by atoms with van der Waals surface area (Å²) in [7, 11) is 0. The summed E-state index contributed by atoms with van der Waals surface area (Å²) >= 11 is 5.99. The zero-order chi connectivity index (χ0) is 15.0. The van der Waals surface area contributed by atoms with Crippen LogP contribution in [-0.4, -0.2) is 16.8 Å². The summed E-state index contributed by atoms with van der Waals surface area (Å²) in [6.07, 6.45) is 0. The van der Waals surface area contributed by atoms with Gasteiger partial charge >= 0.3 is 0 Å². The Kier molecular flexibility index (Phi) is 3.66. The predicted molar refractivity (Wildman–Crippen MR) is 79.1 cm³/mol. The second-order valence-electron chi connectivity index (χ2n) is 5.12. The molecule has 1 fully saturated rings. The van der Waals surface area contributed by atoms with Crippen molar-refractivity contribution in [3.05, 3.63) is 70.5 Å². The lowest BCUT2D eigenvalue weighted by Gasteiger charge is -2.45. The van der Waals surface area contributed by atoms with Crippen molar-refractivity contribution >= 4 is 17.5 Å². The molecule has 1 aliphatic rings. The third-order valence-electron chi connectivity index (χ3n) is 3.70. The van der Waals surface area contributed by atoms with E-state index in [1.54, 1.807) is 23.1 Å². The van der Waals surface area contributed by atoms with Gasteiger partial charge in [0.05, 0.1) is 6.04 Å². The number of amides is 1. The fourth-order valence-electron chi connectivity index (χ4n) is 2.62. The van der Waals surface area contributed by atoms with Crippen LogP contribution in [0.15, 0.2) is 48.5 Å². The molecule has 0 radical (unpaired) electrons. The van der Waals surface area contributed by atoms with Gasteiger partial charge in [-0.05, 0) is 35.4 Å². The van der Waals surface area contributed by atoms with Gasteiger partial charge in [-0.1, -0.05) is 35.9 Å². The largest absolute Gasteiger partial charge is 0.328 e. The number of nitrogens with two attached hydrogens (primary N) is 1. The zero-order valence-electron chi connectivity index (χ0n) is 11.2. The molecule has 108 valence electrons. The molecule has 2 aromatic rings. The third kappa shape index (κ3) is 2.64. The molecule has 21 heavy (non-hydrogen) atoms. The van der Waals surface area contributed by atoms with Crippen LogP contribution in [0.4, 0.5) is 4.39 Å². The van der Waals surface area contributed by atoms with E-state index in [0.29, 0.717) is 11.6 Å². The number of carbonyl (C=O) groups is 1. The summed E-state index contributed by atoms with van der Waals surface area (Å²) < 4.78 is 12.9. The maximum atomic E-state index is 12.9. The second-order valence-corrected chi connectivity index (χ2v) is 5.55. The predicted octanol–water partition coefficient (Wildman–Crippen LogP) is 2.89. The first kappa shape index (κ1) is 14.0. The van der Waals surface area contributed by atoms with Crippen molar-refractivity contribution in [2.24, 2.45) is 5.73 Å². The first-order valence-corrected chi connectivity index (χ1v) is 7.00. The van der Waals surface area contributed by atoms with E-state index >= 15 is 0 Å². The van der Waals surface area contributed by atoms with Crippen molar-refractivity contribution in [3.8, 4) is 0 Å². The number of rotatable bonds is 3. The highest BCUT2D eigenvalue weighted by Gasteiger charge is 2.45. The molecule has 1 amide bonds. The fraction of sp³-hybridized carbons (Fsp3) is 0.188. The lowest BCUT2D eigenvalue weighted by molar-refractivity contribution is -0.150. The summed E-state index contributed by atoms with van der Waals surface area (Å²) in [5, 5.41) is 0.612. The highest BCUT2D eigenvalue weighted by atomic mass is 35.5. The number of β-lactam (4-membered cyclic amide) rings is 1. The lowest BCUT2D eigenvalue weighted by atomic mass is 9.88. The molecule has 1 saturated heterocycles. The second kappa shape index (κ2) is 5.47. The molecule has 0 aromatic heterocycles. The number of hydrogen-bond donors (Lipinski definition) is 1. The van der Waals surface area contributed by atoms with Crippen molar-refractivity contribution in [1.29, 1.82) is 0 Å². The van der Waals surface area contributed by atoms with Gasteiger partial charge < -0.3 is 10.6 Å². The molecule has 2 aromatic carbocycles. The fourth-order valence-corrected chi connectivity index (χ4v) is 2.81. The highest BCUT2D eigenvalue weighted by Crippen LogP contribution is 2.35. The van der Waals surface area contributed by atoms with Crippen LogP contribution in [-0.2, 0) is 11.3 Å². The lowest BCUT2D eigenvalue weighted by Crippen LogP contribution is -2.62. The van der Waals surface area contributed by atoms with Crippen LogP contribution >= 0.6 is 11.6 Å². The number of benzene rings is 2. The van der Waals surface area contributed by atoms with Crippen LogP contribution in [0.1, 0.15) is 17.2 Å². The van der Waals surface area contributed by atoms with E-state index in [-0.39, 0.29) is 17.8 Å². The van der Waals surface area contributed by atoms with E-state index < -0.39 is 6.04 Å². The van der Waals surface area contributed by atoms with Crippen LogP contribution in [0.2, 0.25) is 5.02 Å². The molecule has 0 spiro atoms. The number of hydrogen-bond acceptors (Lipinski definition) is 2. The van der Waals surface area contributed by atoms with Crippen LogP contribution in [0.3, 0.4) is 0 Å². The summed E-state index contributed by atoms with van der Waals surface area (Å²) in [6, 6.07) is 12.7. The van der Waals surface area contributed by atoms with Crippen LogP contribution in [0.5, 0.6) is 0 Å². The Hall–Kier alpha value is -1.91. The summed E-state index contributed by atoms with van der Waals surface area (Å²) in [5.74, 6) is -0.402. The number of halogens is 2. The van der Waals surface area contributed by atoms with Gasteiger partial charge in [-0.2, -0.15) is 0 Å². The van der Waals surface area contributed by atoms with Crippen molar-refractivity contribution in [2.75, 3.05) is 0 Å². The van der Waals surface area contributed by atoms with Crippen LogP contribution in [0, 0.1) is 5.82 Å². The Bertz CT molecular complexity index is 674. The highest BCUT2D eigenvalue weighted by molar-refractivity contribution is 6.30.